The van der Waals surface area contributed by atoms with Crippen molar-refractivity contribution in [1.82, 2.24) is 20.4 Å². The molecule has 2 unspecified atom stereocenters. The molecular weight excluding hydrogens is 384 g/mol. The minimum Gasteiger partial charge on any atom is -0.495 e. The zero-order valence-corrected chi connectivity index (χ0v) is 18.1. The Balaban J connectivity index is 1.86. The van der Waals surface area contributed by atoms with Gasteiger partial charge in [-0.15, -0.1) is 0 Å². The molecule has 1 aromatic carbocycles. The van der Waals surface area contributed by atoms with Crippen LogP contribution in [-0.4, -0.2) is 34.9 Å². The lowest BCUT2D eigenvalue weighted by molar-refractivity contribution is -0.125. The van der Waals surface area contributed by atoms with Gasteiger partial charge in [-0.1, -0.05) is 39.8 Å². The number of aromatic nitrogens is 2. The molecule has 1 aliphatic heterocycles. The number of nitrogens with zero attached hydrogens (tertiary/aromatic N) is 2. The van der Waals surface area contributed by atoms with Crippen molar-refractivity contribution in [2.24, 2.45) is 0 Å². The first kappa shape index (κ1) is 21.6. The Morgan fingerprint density at radius 3 is 2.70 bits per heavy atom. The largest absolute Gasteiger partial charge is 0.495 e. The fourth-order valence-electron chi connectivity index (χ4n) is 3.22. The fraction of sp³-hybridized carbons (Fsp3) is 0.476. The number of hydrogen-bond donors (Lipinski definition) is 4. The number of amides is 3. The second kappa shape index (κ2) is 8.74. The minimum absolute atomic E-state index is 0.0429. The number of methoxy groups -OCH3 is 1. The summed E-state index contributed by atoms with van der Waals surface area (Å²) in [6, 6.07) is 8.59. The molecule has 3 rings (SSSR count). The van der Waals surface area contributed by atoms with Crippen LogP contribution in [0.2, 0.25) is 0 Å². The molecule has 3 amide bonds. The number of para-hydroxylation sites is 2. The highest BCUT2D eigenvalue weighted by atomic mass is 16.5. The van der Waals surface area contributed by atoms with Gasteiger partial charge in [-0.05, 0) is 18.6 Å². The van der Waals surface area contributed by atoms with Gasteiger partial charge in [-0.2, -0.15) is 5.10 Å². The lowest BCUT2D eigenvalue weighted by Crippen LogP contribution is -2.53. The van der Waals surface area contributed by atoms with E-state index in [0.717, 1.165) is 12.1 Å². The van der Waals surface area contributed by atoms with Crippen molar-refractivity contribution in [1.29, 1.82) is 0 Å². The van der Waals surface area contributed by atoms with Crippen molar-refractivity contribution in [2.45, 2.75) is 58.3 Å². The van der Waals surface area contributed by atoms with Gasteiger partial charge in [0.25, 0.3) is 0 Å². The van der Waals surface area contributed by atoms with Gasteiger partial charge in [0, 0.05) is 23.9 Å². The Labute approximate surface area is 176 Å². The summed E-state index contributed by atoms with van der Waals surface area (Å²) in [5.41, 5.74) is 1.11. The van der Waals surface area contributed by atoms with Crippen LogP contribution in [0, 0.1) is 0 Å². The van der Waals surface area contributed by atoms with E-state index in [-0.39, 0.29) is 17.4 Å². The van der Waals surface area contributed by atoms with Gasteiger partial charge in [0.1, 0.15) is 11.6 Å². The van der Waals surface area contributed by atoms with E-state index in [0.29, 0.717) is 23.7 Å². The zero-order valence-electron chi connectivity index (χ0n) is 18.1. The normalized spacial score (nSPS) is 19.2. The minimum atomic E-state index is -0.547. The number of carbonyl (C=O) groups excluding carboxylic acids is 2. The van der Waals surface area contributed by atoms with Gasteiger partial charge < -0.3 is 15.4 Å². The number of urea groups is 1. The maximum Gasteiger partial charge on any atom is 0.324 e. The van der Waals surface area contributed by atoms with Crippen LogP contribution in [0.1, 0.15) is 52.5 Å². The monoisotopic (exact) mass is 414 g/mol. The molecule has 1 fully saturated rings. The summed E-state index contributed by atoms with van der Waals surface area (Å²) in [7, 11) is 1.55. The van der Waals surface area contributed by atoms with E-state index in [1.54, 1.807) is 23.9 Å². The van der Waals surface area contributed by atoms with Crippen LogP contribution in [0.25, 0.3) is 0 Å². The summed E-state index contributed by atoms with van der Waals surface area (Å²) in [6.07, 6.45) is 0.681. The Hall–Kier alpha value is -3.07. The molecule has 2 aromatic rings. The maximum absolute atomic E-state index is 12.7. The Kier molecular flexibility index (Phi) is 6.31. The Morgan fingerprint density at radius 1 is 1.30 bits per heavy atom. The summed E-state index contributed by atoms with van der Waals surface area (Å²) in [6.45, 7) is 8.15. The van der Waals surface area contributed by atoms with Crippen LogP contribution < -0.4 is 26.0 Å². The molecule has 2 atom stereocenters. The highest BCUT2D eigenvalue weighted by molar-refractivity contribution is 6.00. The van der Waals surface area contributed by atoms with Crippen molar-refractivity contribution in [3.63, 3.8) is 0 Å². The predicted molar refractivity (Wildman–Crippen MR) is 116 cm³/mol. The zero-order chi connectivity index (χ0) is 21.9. The number of anilines is 2. The molecule has 0 radical (unpaired) electrons. The van der Waals surface area contributed by atoms with E-state index < -0.39 is 12.3 Å². The third-order valence-corrected chi connectivity index (χ3v) is 4.96. The molecule has 162 valence electrons. The van der Waals surface area contributed by atoms with Gasteiger partial charge in [0.05, 0.1) is 18.5 Å². The van der Waals surface area contributed by atoms with Crippen molar-refractivity contribution in [2.75, 3.05) is 17.7 Å². The molecule has 4 N–H and O–H groups in total. The summed E-state index contributed by atoms with van der Waals surface area (Å²) in [5.74, 6) is 0.980. The molecule has 1 saturated heterocycles. The number of benzene rings is 1. The van der Waals surface area contributed by atoms with Gasteiger partial charge >= 0.3 is 6.03 Å². The van der Waals surface area contributed by atoms with Gasteiger partial charge in [-0.3, -0.25) is 15.4 Å². The van der Waals surface area contributed by atoms with Crippen LogP contribution >= 0.6 is 0 Å². The first-order valence-corrected chi connectivity index (χ1v) is 10.1. The predicted octanol–water partition coefficient (Wildman–Crippen LogP) is 3.18. The molecule has 0 saturated carbocycles. The highest BCUT2D eigenvalue weighted by Crippen LogP contribution is 2.27. The molecule has 1 aliphatic rings. The molecule has 9 heteroatoms. The lowest BCUT2D eigenvalue weighted by Gasteiger charge is -2.32. The molecule has 0 bridgehead atoms. The summed E-state index contributed by atoms with van der Waals surface area (Å²) >= 11 is 0. The van der Waals surface area contributed by atoms with E-state index in [2.05, 4.69) is 26.4 Å². The van der Waals surface area contributed by atoms with Gasteiger partial charge in [-0.25, -0.2) is 9.48 Å². The smallest absolute Gasteiger partial charge is 0.324 e. The SMILES string of the molecule is CCC1CC(=O)NC(n2nc(C(C)(C)C)cc2NC(=O)Nc2ccccc2OC)N1. The van der Waals surface area contributed by atoms with E-state index in [4.69, 9.17) is 4.74 Å². The van der Waals surface area contributed by atoms with E-state index in [9.17, 15) is 9.59 Å². The average molecular weight is 415 g/mol. The van der Waals surface area contributed by atoms with Crippen LogP contribution in [0.4, 0.5) is 16.3 Å². The molecule has 9 nitrogen and oxygen atoms in total. The van der Waals surface area contributed by atoms with Crippen LogP contribution in [0.15, 0.2) is 30.3 Å². The molecule has 0 spiro atoms. The molecule has 1 aromatic heterocycles. The lowest BCUT2D eigenvalue weighted by atomic mass is 9.92. The summed E-state index contributed by atoms with van der Waals surface area (Å²) in [5, 5.41) is 16.6. The third kappa shape index (κ3) is 4.91. The van der Waals surface area contributed by atoms with Crippen molar-refractivity contribution in [3.8, 4) is 5.75 Å². The number of carbonyl (C=O) groups is 2. The van der Waals surface area contributed by atoms with Crippen LogP contribution in [0.3, 0.4) is 0 Å². The van der Waals surface area contributed by atoms with Crippen LogP contribution in [-0.2, 0) is 10.2 Å². The van der Waals surface area contributed by atoms with Crippen molar-refractivity contribution < 1.29 is 14.3 Å². The standard InChI is InChI=1S/C21H30N6O3/c1-6-13-11-18(28)25-19(22-13)27-17(12-16(26-27)21(2,3)4)24-20(29)23-14-9-7-8-10-15(14)30-5/h7-10,12-13,19,22H,6,11H2,1-5H3,(H,25,28)(H2,23,24,29). The number of ether oxygens (including phenoxy) is 1. The third-order valence-electron chi connectivity index (χ3n) is 4.96. The van der Waals surface area contributed by atoms with Crippen molar-refractivity contribution >= 4 is 23.4 Å². The molecular formula is C21H30N6O3. The molecule has 0 aliphatic carbocycles. The topological polar surface area (TPSA) is 109 Å². The van der Waals surface area contributed by atoms with E-state index >= 15 is 0 Å². The Morgan fingerprint density at radius 2 is 2.03 bits per heavy atom. The average Bonchev–Trinajstić information content (AvgIpc) is 3.12. The fourth-order valence-corrected chi connectivity index (χ4v) is 3.22. The van der Waals surface area contributed by atoms with Gasteiger partial charge in [0.15, 0.2) is 6.29 Å². The number of nitrogens with one attached hydrogen (secondary N) is 4. The first-order valence-electron chi connectivity index (χ1n) is 10.1. The van der Waals surface area contributed by atoms with E-state index in [1.165, 1.54) is 0 Å². The summed E-state index contributed by atoms with van der Waals surface area (Å²) < 4.78 is 6.90. The molecule has 30 heavy (non-hydrogen) atoms. The maximum atomic E-state index is 12.7. The quantitative estimate of drug-likeness (QED) is 0.601. The second-order valence-electron chi connectivity index (χ2n) is 8.33. The number of hydrogen-bond acceptors (Lipinski definition) is 5. The van der Waals surface area contributed by atoms with E-state index in [1.807, 2.05) is 45.9 Å². The Bertz CT molecular complexity index is 918. The molecule has 2 heterocycles. The van der Waals surface area contributed by atoms with Crippen molar-refractivity contribution in [3.05, 3.63) is 36.0 Å². The second-order valence-corrected chi connectivity index (χ2v) is 8.33. The van der Waals surface area contributed by atoms with Gasteiger partial charge in [0.2, 0.25) is 5.91 Å². The van der Waals surface area contributed by atoms with Crippen LogP contribution in [0.5, 0.6) is 5.75 Å². The number of rotatable bonds is 5. The highest BCUT2D eigenvalue weighted by Gasteiger charge is 2.30. The first-order chi connectivity index (χ1) is 14.2. The summed E-state index contributed by atoms with van der Waals surface area (Å²) in [4.78, 5) is 24.9.